The molecule has 6 nitrogen and oxygen atoms in total. The van der Waals surface area contributed by atoms with Crippen LogP contribution in [0.3, 0.4) is 0 Å². The third-order valence-electron chi connectivity index (χ3n) is 2.06. The quantitative estimate of drug-likeness (QED) is 0.541. The number of carbonyl (C=O) groups excluding carboxylic acids is 1. The molecule has 0 aromatic carbocycles. The average Bonchev–Trinajstić information content (AvgIpc) is 2.16. The summed E-state index contributed by atoms with van der Waals surface area (Å²) in [5, 5.41) is 11.1. The molecule has 0 aliphatic rings. The van der Waals surface area contributed by atoms with E-state index in [0.29, 0.717) is 0 Å². The predicted molar refractivity (Wildman–Crippen MR) is 54.3 cm³/mol. The van der Waals surface area contributed by atoms with E-state index in [-0.39, 0.29) is 13.2 Å². The van der Waals surface area contributed by atoms with Crippen molar-refractivity contribution in [3.63, 3.8) is 0 Å². The van der Waals surface area contributed by atoms with E-state index >= 15 is 0 Å². The van der Waals surface area contributed by atoms with E-state index in [4.69, 9.17) is 10.8 Å². The van der Waals surface area contributed by atoms with Crippen LogP contribution in [0.2, 0.25) is 0 Å². The number of hydrogen-bond donors (Lipinski definition) is 3. The Morgan fingerprint density at radius 2 is 2.07 bits per heavy atom. The summed E-state index contributed by atoms with van der Waals surface area (Å²) in [5.41, 5.74) is 4.62. The number of carbonyl (C=O) groups is 2. The highest BCUT2D eigenvalue weighted by atomic mass is 16.5. The lowest BCUT2D eigenvalue weighted by Crippen LogP contribution is -2.50. The number of nitrogens with one attached hydrogen (secondary N) is 1. The van der Waals surface area contributed by atoms with Crippen LogP contribution in [-0.2, 0) is 14.3 Å². The van der Waals surface area contributed by atoms with Crippen LogP contribution in [0, 0.1) is 5.41 Å². The first kappa shape index (κ1) is 13.9. The van der Waals surface area contributed by atoms with Crippen molar-refractivity contribution in [1.82, 2.24) is 5.32 Å². The van der Waals surface area contributed by atoms with Crippen LogP contribution in [0.4, 0.5) is 0 Å². The molecule has 88 valence electrons. The fraction of sp³-hybridized carbons (Fsp3) is 0.778. The topological polar surface area (TPSA) is 102 Å². The van der Waals surface area contributed by atoms with Crippen molar-refractivity contribution in [3.8, 4) is 0 Å². The molecule has 1 amide bonds. The molecule has 4 N–H and O–H groups in total. The highest BCUT2D eigenvalue weighted by Crippen LogP contribution is 2.12. The second-order valence-electron chi connectivity index (χ2n) is 3.91. The predicted octanol–water partition coefficient (Wildman–Crippen LogP) is -0.813. The van der Waals surface area contributed by atoms with Crippen LogP contribution < -0.4 is 11.1 Å². The molecule has 0 rings (SSSR count). The van der Waals surface area contributed by atoms with E-state index in [9.17, 15) is 9.59 Å². The van der Waals surface area contributed by atoms with Crippen LogP contribution in [0.15, 0.2) is 0 Å². The molecule has 0 heterocycles. The van der Waals surface area contributed by atoms with Crippen LogP contribution in [0.25, 0.3) is 0 Å². The van der Waals surface area contributed by atoms with E-state index in [2.05, 4.69) is 10.1 Å². The van der Waals surface area contributed by atoms with Gasteiger partial charge in [-0.1, -0.05) is 0 Å². The van der Waals surface area contributed by atoms with Gasteiger partial charge in [0.1, 0.15) is 0 Å². The molecule has 0 aromatic heterocycles. The average molecular weight is 218 g/mol. The molecule has 0 spiro atoms. The van der Waals surface area contributed by atoms with Gasteiger partial charge in [0.15, 0.2) is 6.04 Å². The first-order valence-corrected chi connectivity index (χ1v) is 4.58. The second-order valence-corrected chi connectivity index (χ2v) is 3.91. The zero-order chi connectivity index (χ0) is 12.1. The molecule has 0 saturated heterocycles. The molecule has 0 aliphatic heterocycles. The minimum Gasteiger partial charge on any atom is -0.480 e. The van der Waals surface area contributed by atoms with Crippen molar-refractivity contribution < 1.29 is 19.4 Å². The van der Waals surface area contributed by atoms with Gasteiger partial charge < -0.3 is 20.9 Å². The van der Waals surface area contributed by atoms with Crippen LogP contribution in [0.5, 0.6) is 0 Å². The van der Waals surface area contributed by atoms with Crippen molar-refractivity contribution in [3.05, 3.63) is 0 Å². The Balaban J connectivity index is 4.41. The SMILES string of the molecule is COCC(NC(=O)C(C)(C)CN)C(=O)O. The van der Waals surface area contributed by atoms with Crippen molar-refractivity contribution in [2.24, 2.45) is 11.1 Å². The minimum atomic E-state index is -1.13. The number of amides is 1. The molecule has 0 saturated carbocycles. The highest BCUT2D eigenvalue weighted by Gasteiger charge is 2.29. The maximum Gasteiger partial charge on any atom is 0.328 e. The number of carboxylic acids is 1. The van der Waals surface area contributed by atoms with E-state index in [1.54, 1.807) is 13.8 Å². The number of methoxy groups -OCH3 is 1. The number of hydrogen-bond acceptors (Lipinski definition) is 4. The molecule has 0 bridgehead atoms. The molecule has 1 atom stereocenters. The van der Waals surface area contributed by atoms with Crippen LogP contribution >= 0.6 is 0 Å². The maximum absolute atomic E-state index is 11.6. The Bertz CT molecular complexity index is 240. The zero-order valence-corrected chi connectivity index (χ0v) is 9.24. The zero-order valence-electron chi connectivity index (χ0n) is 9.24. The summed E-state index contributed by atoms with van der Waals surface area (Å²) in [6.07, 6.45) is 0. The number of nitrogens with two attached hydrogens (primary N) is 1. The van der Waals surface area contributed by atoms with Gasteiger partial charge in [0.2, 0.25) is 5.91 Å². The fourth-order valence-corrected chi connectivity index (χ4v) is 0.788. The maximum atomic E-state index is 11.6. The second kappa shape index (κ2) is 5.67. The van der Waals surface area contributed by atoms with Gasteiger partial charge in [-0.15, -0.1) is 0 Å². The van der Waals surface area contributed by atoms with Crippen LogP contribution in [0.1, 0.15) is 13.8 Å². The Labute approximate surface area is 88.8 Å². The number of ether oxygens (including phenoxy) is 1. The van der Waals surface area contributed by atoms with Crippen molar-refractivity contribution in [2.75, 3.05) is 20.3 Å². The summed E-state index contributed by atoms with van der Waals surface area (Å²) in [5.74, 6) is -1.52. The summed E-state index contributed by atoms with van der Waals surface area (Å²) < 4.78 is 4.69. The van der Waals surface area contributed by atoms with Gasteiger partial charge in [0, 0.05) is 13.7 Å². The third-order valence-corrected chi connectivity index (χ3v) is 2.06. The highest BCUT2D eigenvalue weighted by molar-refractivity contribution is 5.87. The Morgan fingerprint density at radius 1 is 1.53 bits per heavy atom. The van der Waals surface area contributed by atoms with Crippen molar-refractivity contribution >= 4 is 11.9 Å². The van der Waals surface area contributed by atoms with Gasteiger partial charge in [-0.3, -0.25) is 4.79 Å². The largest absolute Gasteiger partial charge is 0.480 e. The molecule has 1 unspecified atom stereocenters. The lowest BCUT2D eigenvalue weighted by molar-refractivity contribution is -0.144. The molecule has 0 aliphatic carbocycles. The van der Waals surface area contributed by atoms with E-state index in [0.717, 1.165) is 0 Å². The fourth-order valence-electron chi connectivity index (χ4n) is 0.788. The van der Waals surface area contributed by atoms with Gasteiger partial charge >= 0.3 is 5.97 Å². The Morgan fingerprint density at radius 3 is 2.40 bits per heavy atom. The molecular weight excluding hydrogens is 200 g/mol. The summed E-state index contributed by atoms with van der Waals surface area (Å²) in [7, 11) is 1.37. The van der Waals surface area contributed by atoms with E-state index in [1.807, 2.05) is 0 Å². The van der Waals surface area contributed by atoms with Gasteiger partial charge in [0.05, 0.1) is 12.0 Å². The van der Waals surface area contributed by atoms with Crippen molar-refractivity contribution in [1.29, 1.82) is 0 Å². The first-order chi connectivity index (χ1) is 6.85. The standard InChI is InChI=1S/C9H18N2O4/c1-9(2,5-10)8(14)11-6(4-15-3)7(12)13/h6H,4-5,10H2,1-3H3,(H,11,14)(H,12,13). The number of carboxylic acid groups (broad SMARTS) is 1. The lowest BCUT2D eigenvalue weighted by atomic mass is 9.92. The van der Waals surface area contributed by atoms with Gasteiger partial charge in [-0.25, -0.2) is 4.79 Å². The summed E-state index contributed by atoms with van der Waals surface area (Å²) in [6, 6.07) is -1.03. The third kappa shape index (κ3) is 4.26. The smallest absolute Gasteiger partial charge is 0.328 e. The van der Waals surface area contributed by atoms with Crippen molar-refractivity contribution in [2.45, 2.75) is 19.9 Å². The molecule has 15 heavy (non-hydrogen) atoms. The van der Waals surface area contributed by atoms with Crippen LogP contribution in [-0.4, -0.2) is 43.3 Å². The monoisotopic (exact) mass is 218 g/mol. The van der Waals surface area contributed by atoms with E-state index < -0.39 is 23.3 Å². The first-order valence-electron chi connectivity index (χ1n) is 4.58. The summed E-state index contributed by atoms with van der Waals surface area (Å²) in [4.78, 5) is 22.3. The van der Waals surface area contributed by atoms with Gasteiger partial charge in [0.25, 0.3) is 0 Å². The number of aliphatic carboxylic acids is 1. The molecule has 0 aromatic rings. The normalized spacial score (nSPS) is 13.3. The Hall–Kier alpha value is -1.14. The lowest BCUT2D eigenvalue weighted by Gasteiger charge is -2.23. The minimum absolute atomic E-state index is 0.0677. The van der Waals surface area contributed by atoms with Gasteiger partial charge in [-0.2, -0.15) is 0 Å². The molecule has 6 heteroatoms. The molecule has 0 radical (unpaired) electrons. The summed E-state index contributed by atoms with van der Waals surface area (Å²) >= 11 is 0. The molecular formula is C9H18N2O4. The van der Waals surface area contributed by atoms with Gasteiger partial charge in [-0.05, 0) is 13.8 Å². The Kier molecular flexibility index (Phi) is 5.24. The van der Waals surface area contributed by atoms with E-state index in [1.165, 1.54) is 7.11 Å². The molecule has 0 fully saturated rings. The summed E-state index contributed by atoms with van der Waals surface area (Å²) in [6.45, 7) is 3.38. The number of rotatable bonds is 6.